The molecule has 0 radical (unpaired) electrons. The van der Waals surface area contributed by atoms with Crippen molar-refractivity contribution in [3.05, 3.63) is 34.0 Å². The molecule has 1 aliphatic carbocycles. The maximum Gasteiger partial charge on any atom is 0.271 e. The Hall–Kier alpha value is -1.73. The maximum absolute atomic E-state index is 11.7. The third-order valence-corrected chi connectivity index (χ3v) is 5.94. The van der Waals surface area contributed by atoms with Gasteiger partial charge in [0.1, 0.15) is 5.69 Å². The average molecular weight is 345 g/mol. The molecule has 1 amide bonds. The van der Waals surface area contributed by atoms with Crippen LogP contribution < -0.4 is 5.32 Å². The number of likely N-dealkylation sites (tertiary alicyclic amines) is 1. The summed E-state index contributed by atoms with van der Waals surface area (Å²) in [5.41, 5.74) is 0.492. The summed E-state index contributed by atoms with van der Waals surface area (Å²) < 4.78 is 1.96. The van der Waals surface area contributed by atoms with E-state index < -0.39 is 0 Å². The van der Waals surface area contributed by atoms with Gasteiger partial charge >= 0.3 is 0 Å². The molecule has 0 aromatic carbocycles. The van der Waals surface area contributed by atoms with Crippen LogP contribution in [0.2, 0.25) is 0 Å². The van der Waals surface area contributed by atoms with E-state index in [1.165, 1.54) is 22.7 Å². The second-order valence-corrected chi connectivity index (χ2v) is 7.88. The number of amides is 1. The molecule has 0 bridgehead atoms. The van der Waals surface area contributed by atoms with Gasteiger partial charge in [-0.1, -0.05) is 0 Å². The maximum atomic E-state index is 11.7. The van der Waals surface area contributed by atoms with Crippen molar-refractivity contribution in [3.63, 3.8) is 0 Å². The molecule has 1 atom stereocenters. The summed E-state index contributed by atoms with van der Waals surface area (Å²) in [5.74, 6) is 0.615. The second-order valence-electron chi connectivity index (χ2n) is 6.73. The molecule has 1 saturated carbocycles. The fourth-order valence-corrected chi connectivity index (χ4v) is 4.45. The zero-order valence-corrected chi connectivity index (χ0v) is 14.8. The largest absolute Gasteiger partial charge is 0.354 e. The standard InChI is InChI=1S/C17H23N5OS/c1-18-16(23)15-6-8-22(20-15)13-3-2-7-21(10-13)11-14-9-19-17(24-14)12-4-5-12/h6,8-9,12-13H,2-5,7,10-11H2,1H3,(H,18,23)/t13-/m1/s1. The first kappa shape index (κ1) is 15.8. The first-order valence-corrected chi connectivity index (χ1v) is 9.49. The molecule has 2 aromatic heterocycles. The topological polar surface area (TPSA) is 63.1 Å². The van der Waals surface area contributed by atoms with Gasteiger partial charge in [-0.05, 0) is 38.3 Å². The summed E-state index contributed by atoms with van der Waals surface area (Å²) >= 11 is 1.88. The Balaban J connectivity index is 1.39. The number of nitrogens with zero attached hydrogens (tertiary/aromatic N) is 4. The highest BCUT2D eigenvalue weighted by Gasteiger charge is 2.27. The Morgan fingerprint density at radius 1 is 1.42 bits per heavy atom. The minimum atomic E-state index is -0.126. The molecule has 2 aliphatic rings. The van der Waals surface area contributed by atoms with Crippen LogP contribution in [-0.4, -0.2) is 45.7 Å². The first-order valence-electron chi connectivity index (χ1n) is 8.67. The molecule has 1 N–H and O–H groups in total. The van der Waals surface area contributed by atoms with E-state index in [0.717, 1.165) is 38.4 Å². The normalized spacial score (nSPS) is 21.8. The van der Waals surface area contributed by atoms with Crippen LogP contribution in [0.1, 0.15) is 58.0 Å². The molecule has 128 valence electrons. The monoisotopic (exact) mass is 345 g/mol. The van der Waals surface area contributed by atoms with Gasteiger partial charge in [0.15, 0.2) is 0 Å². The molecule has 7 heteroatoms. The van der Waals surface area contributed by atoms with E-state index in [9.17, 15) is 4.79 Å². The molecule has 1 saturated heterocycles. The van der Waals surface area contributed by atoms with Crippen LogP contribution in [0.5, 0.6) is 0 Å². The number of thiazole rings is 1. The SMILES string of the molecule is CNC(=O)c1ccn([C@@H]2CCCN(Cc3cnc(C4CC4)s3)C2)n1. The van der Waals surface area contributed by atoms with Gasteiger partial charge in [-0.2, -0.15) is 5.10 Å². The van der Waals surface area contributed by atoms with E-state index in [0.29, 0.717) is 11.7 Å². The van der Waals surface area contributed by atoms with Crippen molar-refractivity contribution in [2.24, 2.45) is 0 Å². The van der Waals surface area contributed by atoms with E-state index in [2.05, 4.69) is 26.5 Å². The first-order chi connectivity index (χ1) is 11.7. The van der Waals surface area contributed by atoms with E-state index in [1.807, 2.05) is 22.2 Å². The van der Waals surface area contributed by atoms with Crippen LogP contribution in [0.25, 0.3) is 0 Å². The summed E-state index contributed by atoms with van der Waals surface area (Å²) in [6.45, 7) is 3.08. The van der Waals surface area contributed by atoms with Crippen molar-refractivity contribution < 1.29 is 4.79 Å². The molecule has 3 heterocycles. The van der Waals surface area contributed by atoms with Gasteiger partial charge in [-0.25, -0.2) is 4.98 Å². The second kappa shape index (κ2) is 6.64. The number of rotatable bonds is 5. The minimum absolute atomic E-state index is 0.126. The molecule has 1 aliphatic heterocycles. The Bertz CT molecular complexity index is 720. The molecular weight excluding hydrogens is 322 g/mol. The zero-order chi connectivity index (χ0) is 16.5. The van der Waals surface area contributed by atoms with E-state index in [4.69, 9.17) is 0 Å². The van der Waals surface area contributed by atoms with Gasteiger partial charge < -0.3 is 5.32 Å². The molecular formula is C17H23N5OS. The lowest BCUT2D eigenvalue weighted by atomic mass is 10.1. The number of aromatic nitrogens is 3. The average Bonchev–Trinajstić information content (AvgIpc) is 3.15. The van der Waals surface area contributed by atoms with Crippen LogP contribution in [0, 0.1) is 0 Å². The summed E-state index contributed by atoms with van der Waals surface area (Å²) in [7, 11) is 1.63. The van der Waals surface area contributed by atoms with Crippen molar-refractivity contribution in [2.75, 3.05) is 20.1 Å². The van der Waals surface area contributed by atoms with Gasteiger partial charge in [0, 0.05) is 43.3 Å². The number of carbonyl (C=O) groups excluding carboxylic acids is 1. The lowest BCUT2D eigenvalue weighted by molar-refractivity contribution is 0.0955. The smallest absolute Gasteiger partial charge is 0.271 e. The molecule has 4 rings (SSSR count). The third-order valence-electron chi connectivity index (χ3n) is 4.80. The number of hydrogen-bond acceptors (Lipinski definition) is 5. The Labute approximate surface area is 145 Å². The number of carbonyl (C=O) groups is 1. The quantitative estimate of drug-likeness (QED) is 0.904. The van der Waals surface area contributed by atoms with Gasteiger partial charge in [0.05, 0.1) is 11.0 Å². The molecule has 6 nitrogen and oxygen atoms in total. The van der Waals surface area contributed by atoms with E-state index in [-0.39, 0.29) is 5.91 Å². The van der Waals surface area contributed by atoms with Crippen LogP contribution in [0.3, 0.4) is 0 Å². The Morgan fingerprint density at radius 2 is 2.29 bits per heavy atom. The number of hydrogen-bond donors (Lipinski definition) is 1. The number of piperidine rings is 1. The molecule has 0 spiro atoms. The van der Waals surface area contributed by atoms with Crippen LogP contribution in [0.15, 0.2) is 18.5 Å². The lowest BCUT2D eigenvalue weighted by Gasteiger charge is -2.32. The zero-order valence-electron chi connectivity index (χ0n) is 13.9. The fraction of sp³-hybridized carbons (Fsp3) is 0.588. The highest BCUT2D eigenvalue weighted by Crippen LogP contribution is 2.42. The number of nitrogens with one attached hydrogen (secondary N) is 1. The van der Waals surface area contributed by atoms with Gasteiger partial charge in [0.25, 0.3) is 5.91 Å². The van der Waals surface area contributed by atoms with Crippen molar-refractivity contribution in [1.29, 1.82) is 0 Å². The van der Waals surface area contributed by atoms with Gasteiger partial charge in [-0.15, -0.1) is 11.3 Å². The fourth-order valence-electron chi connectivity index (χ4n) is 3.32. The predicted molar refractivity (Wildman–Crippen MR) is 93.3 cm³/mol. The van der Waals surface area contributed by atoms with Crippen molar-refractivity contribution in [3.8, 4) is 0 Å². The summed E-state index contributed by atoms with van der Waals surface area (Å²) in [6, 6.07) is 2.14. The van der Waals surface area contributed by atoms with Gasteiger partial charge in [0.2, 0.25) is 0 Å². The molecule has 24 heavy (non-hydrogen) atoms. The summed E-state index contributed by atoms with van der Waals surface area (Å²) in [5, 5.41) is 8.39. The van der Waals surface area contributed by atoms with Gasteiger partial charge in [-0.3, -0.25) is 14.4 Å². The highest BCUT2D eigenvalue weighted by atomic mass is 32.1. The van der Waals surface area contributed by atoms with Crippen LogP contribution in [-0.2, 0) is 6.54 Å². The van der Waals surface area contributed by atoms with Crippen molar-refractivity contribution in [2.45, 2.75) is 44.2 Å². The predicted octanol–water partition coefficient (Wildman–Crippen LogP) is 2.41. The third kappa shape index (κ3) is 3.37. The minimum Gasteiger partial charge on any atom is -0.354 e. The van der Waals surface area contributed by atoms with Crippen LogP contribution >= 0.6 is 11.3 Å². The Morgan fingerprint density at radius 3 is 3.08 bits per heavy atom. The lowest BCUT2D eigenvalue weighted by Crippen LogP contribution is -2.36. The van der Waals surface area contributed by atoms with E-state index >= 15 is 0 Å². The molecule has 2 aromatic rings. The van der Waals surface area contributed by atoms with Crippen LogP contribution in [0.4, 0.5) is 0 Å². The summed E-state index contributed by atoms with van der Waals surface area (Å²) in [4.78, 5) is 20.1. The highest BCUT2D eigenvalue weighted by molar-refractivity contribution is 7.11. The van der Waals surface area contributed by atoms with E-state index in [1.54, 1.807) is 13.1 Å². The molecule has 2 fully saturated rings. The molecule has 0 unspecified atom stereocenters. The van der Waals surface area contributed by atoms with Crippen molar-refractivity contribution >= 4 is 17.2 Å². The van der Waals surface area contributed by atoms with Crippen molar-refractivity contribution in [1.82, 2.24) is 25.0 Å². The Kier molecular flexibility index (Phi) is 4.37. The summed E-state index contributed by atoms with van der Waals surface area (Å²) in [6.07, 6.45) is 8.88.